The van der Waals surface area contributed by atoms with E-state index in [9.17, 15) is 0 Å². The van der Waals surface area contributed by atoms with Gasteiger partial charge in [-0.3, -0.25) is 4.99 Å². The van der Waals surface area contributed by atoms with E-state index >= 15 is 0 Å². The highest BCUT2D eigenvalue weighted by atomic mass is 14.7. The van der Waals surface area contributed by atoms with Crippen LogP contribution in [0.5, 0.6) is 0 Å². The average Bonchev–Trinajstić information content (AvgIpc) is 3.62. The average molecular weight is 654 g/mol. The van der Waals surface area contributed by atoms with Crippen molar-refractivity contribution in [3.05, 3.63) is 213 Å². The number of aliphatic imine (C=N–C) groups is 1. The van der Waals surface area contributed by atoms with Crippen molar-refractivity contribution in [3.8, 4) is 33.4 Å². The van der Waals surface area contributed by atoms with Gasteiger partial charge in [0.1, 0.15) is 0 Å². The van der Waals surface area contributed by atoms with E-state index in [1.807, 2.05) is 0 Å². The van der Waals surface area contributed by atoms with E-state index in [4.69, 9.17) is 0 Å². The van der Waals surface area contributed by atoms with Crippen LogP contribution in [0.1, 0.15) is 74.5 Å². The van der Waals surface area contributed by atoms with Crippen LogP contribution in [0.2, 0.25) is 0 Å². The van der Waals surface area contributed by atoms with Crippen LogP contribution in [-0.4, -0.2) is 6.72 Å². The first-order valence-corrected chi connectivity index (χ1v) is 18.3. The molecule has 1 heteroatoms. The van der Waals surface area contributed by atoms with Crippen LogP contribution in [-0.2, 0) is 23.8 Å². The third kappa shape index (κ3) is 3.79. The fourth-order valence-corrected chi connectivity index (χ4v) is 10.2. The fraction of sp³-hybridized carbons (Fsp3) is 0.140. The van der Waals surface area contributed by atoms with Crippen molar-refractivity contribution in [1.82, 2.24) is 0 Å². The minimum atomic E-state index is -0.533. The molecule has 0 unspecified atom stereocenters. The van der Waals surface area contributed by atoms with Crippen LogP contribution in [0, 0.1) is 6.92 Å². The molecule has 0 saturated heterocycles. The molecule has 0 fully saturated rings. The largest absolute Gasteiger partial charge is 0.296 e. The highest BCUT2D eigenvalue weighted by Gasteiger charge is 2.59. The first-order valence-electron chi connectivity index (χ1n) is 18.3. The smallest absolute Gasteiger partial charge is 0.0720 e. The van der Waals surface area contributed by atoms with Crippen LogP contribution in [0.4, 0.5) is 0 Å². The Morgan fingerprint density at radius 3 is 1.47 bits per heavy atom. The Morgan fingerprint density at radius 2 is 0.922 bits per heavy atom. The number of hydrogen-bond donors (Lipinski definition) is 0. The summed E-state index contributed by atoms with van der Waals surface area (Å²) in [6.45, 7) is 9.02. The van der Waals surface area contributed by atoms with Gasteiger partial charge in [-0.15, -0.1) is 0 Å². The maximum Gasteiger partial charge on any atom is 0.0720 e. The maximum absolute atomic E-state index is 4.36. The molecule has 51 heavy (non-hydrogen) atoms. The summed E-state index contributed by atoms with van der Waals surface area (Å²) in [6.07, 6.45) is 2.12. The molecule has 0 N–H and O–H groups in total. The Bertz CT molecular complexity index is 2470. The molecule has 3 aliphatic carbocycles. The lowest BCUT2D eigenvalue weighted by atomic mass is 9.52. The zero-order valence-electron chi connectivity index (χ0n) is 29.2. The van der Waals surface area contributed by atoms with Crippen LogP contribution < -0.4 is 0 Å². The minimum Gasteiger partial charge on any atom is -0.296 e. The lowest BCUT2D eigenvalue weighted by Crippen LogP contribution is -2.43. The normalized spacial score (nSPS) is 14.7. The second kappa shape index (κ2) is 11.1. The molecule has 10 rings (SSSR count). The summed E-state index contributed by atoms with van der Waals surface area (Å²) in [5.41, 5.74) is 21.8. The zero-order valence-corrected chi connectivity index (χ0v) is 29.2. The molecule has 0 aromatic heterocycles. The van der Waals surface area contributed by atoms with Crippen LogP contribution >= 0.6 is 0 Å². The van der Waals surface area contributed by atoms with E-state index in [0.717, 1.165) is 12.8 Å². The fourth-order valence-electron chi connectivity index (χ4n) is 10.2. The van der Waals surface area contributed by atoms with Crippen molar-refractivity contribution >= 4 is 6.72 Å². The quantitative estimate of drug-likeness (QED) is 0.164. The van der Waals surface area contributed by atoms with E-state index in [1.165, 1.54) is 94.6 Å². The van der Waals surface area contributed by atoms with Crippen LogP contribution in [0.3, 0.4) is 0 Å². The van der Waals surface area contributed by atoms with Gasteiger partial charge in [0, 0.05) is 0 Å². The zero-order chi connectivity index (χ0) is 34.3. The van der Waals surface area contributed by atoms with Gasteiger partial charge in [0.05, 0.1) is 17.4 Å². The highest BCUT2D eigenvalue weighted by Crippen LogP contribution is 2.67. The third-order valence-electron chi connectivity index (χ3n) is 12.1. The number of nitrogens with zero attached hydrogens (tertiary/aromatic N) is 1. The van der Waals surface area contributed by atoms with Gasteiger partial charge in [0.15, 0.2) is 0 Å². The molecule has 0 bridgehead atoms. The van der Waals surface area contributed by atoms with Crippen molar-refractivity contribution in [2.24, 2.45) is 4.99 Å². The van der Waals surface area contributed by atoms with Crippen molar-refractivity contribution in [3.63, 3.8) is 0 Å². The summed E-state index contributed by atoms with van der Waals surface area (Å²) in [4.78, 5) is 4.36. The van der Waals surface area contributed by atoms with Gasteiger partial charge in [-0.05, 0) is 121 Å². The van der Waals surface area contributed by atoms with Crippen molar-refractivity contribution < 1.29 is 0 Å². The summed E-state index contributed by atoms with van der Waals surface area (Å²) in [7, 11) is 0. The number of benzene rings is 7. The first kappa shape index (κ1) is 30.1. The predicted molar refractivity (Wildman–Crippen MR) is 212 cm³/mol. The van der Waals surface area contributed by atoms with E-state index in [1.54, 1.807) is 0 Å². The predicted octanol–water partition coefficient (Wildman–Crippen LogP) is 11.9. The van der Waals surface area contributed by atoms with Gasteiger partial charge in [-0.25, -0.2) is 0 Å². The van der Waals surface area contributed by atoms with Gasteiger partial charge in [0.25, 0.3) is 0 Å². The molecule has 0 saturated carbocycles. The van der Waals surface area contributed by atoms with Crippen molar-refractivity contribution in [2.45, 2.75) is 44.1 Å². The monoisotopic (exact) mass is 653 g/mol. The number of aryl methyl sites for hydroxylation is 2. The molecule has 0 heterocycles. The summed E-state index contributed by atoms with van der Waals surface area (Å²) in [6, 6.07) is 58.0. The maximum atomic E-state index is 4.36. The Hall–Kier alpha value is -5.79. The first-order chi connectivity index (χ1) is 25.1. The molecule has 7 aromatic carbocycles. The van der Waals surface area contributed by atoms with E-state index in [-0.39, 0.29) is 0 Å². The molecule has 2 spiro atoms. The second-order valence-corrected chi connectivity index (χ2v) is 14.6. The summed E-state index contributed by atoms with van der Waals surface area (Å²) in [5.74, 6) is 0. The van der Waals surface area contributed by atoms with E-state index in [2.05, 4.69) is 177 Å². The molecule has 0 amide bonds. The molecule has 1 nitrogen and oxygen atoms in total. The minimum absolute atomic E-state index is 0.449. The Labute approximate surface area is 301 Å². The SMILES string of the molecule is C=NCc1ccc2c(c1)C1(c3cc(-c4ccccc4C)c(CCC)cc3-2)c2ccccc2C2(c3ccccc3-c3ccccc32)c2ccccc21. The second-order valence-electron chi connectivity index (χ2n) is 14.6. The standard InChI is InChI=1S/C50H39N/c1-4-15-34-29-40-38-27-26-33(31-51-3)28-47(38)50(48(40)30-39(34)35-17-6-5-16-32(35)2)45-24-13-11-22-43(45)49(44-23-12-14-25-46(44)50)41-20-9-7-18-36(41)37-19-8-10-21-42(37)49/h5-14,16-30H,3-4,15,31H2,1-2H3. The van der Waals surface area contributed by atoms with Gasteiger partial charge < -0.3 is 0 Å². The molecule has 244 valence electrons. The molecule has 7 aromatic rings. The van der Waals surface area contributed by atoms with Gasteiger partial charge >= 0.3 is 0 Å². The Balaban J connectivity index is 1.40. The highest BCUT2D eigenvalue weighted by molar-refractivity contribution is 5.95. The molecule has 0 atom stereocenters. The lowest BCUT2D eigenvalue weighted by molar-refractivity contribution is 0.632. The van der Waals surface area contributed by atoms with E-state index in [0.29, 0.717) is 6.54 Å². The number of hydrogen-bond acceptors (Lipinski definition) is 1. The van der Waals surface area contributed by atoms with Gasteiger partial charge in [-0.2, -0.15) is 0 Å². The number of rotatable bonds is 5. The molecular formula is C50H39N. The topological polar surface area (TPSA) is 12.4 Å². The Kier molecular flexibility index (Phi) is 6.55. The molecule has 3 aliphatic rings. The molecule has 0 radical (unpaired) electrons. The third-order valence-corrected chi connectivity index (χ3v) is 12.1. The van der Waals surface area contributed by atoms with E-state index < -0.39 is 10.8 Å². The van der Waals surface area contributed by atoms with Crippen LogP contribution in [0.25, 0.3) is 33.4 Å². The van der Waals surface area contributed by atoms with Gasteiger partial charge in [-0.1, -0.05) is 159 Å². The lowest BCUT2D eigenvalue weighted by Gasteiger charge is -2.49. The molecule has 0 aliphatic heterocycles. The van der Waals surface area contributed by atoms with Gasteiger partial charge in [0.2, 0.25) is 0 Å². The summed E-state index contributed by atoms with van der Waals surface area (Å²) >= 11 is 0. The summed E-state index contributed by atoms with van der Waals surface area (Å²) < 4.78 is 0. The molecular weight excluding hydrogens is 615 g/mol. The van der Waals surface area contributed by atoms with Crippen LogP contribution in [0.15, 0.2) is 157 Å². The van der Waals surface area contributed by atoms with Crippen molar-refractivity contribution in [1.29, 1.82) is 0 Å². The van der Waals surface area contributed by atoms with Crippen molar-refractivity contribution in [2.75, 3.05) is 0 Å². The summed E-state index contributed by atoms with van der Waals surface area (Å²) in [5, 5.41) is 0. The Morgan fingerprint density at radius 1 is 0.451 bits per heavy atom. The number of fused-ring (bicyclic) bond motifs is 16.